The van der Waals surface area contributed by atoms with Crippen LogP contribution in [-0.4, -0.2) is 70.7 Å². The molecule has 0 heterocycles. The normalized spacial score (nSPS) is 14.0. The molecule has 53 heavy (non-hydrogen) atoms. The van der Waals surface area contributed by atoms with Crippen LogP contribution in [0.2, 0.25) is 0 Å². The van der Waals surface area contributed by atoms with Crippen molar-refractivity contribution in [2.75, 3.05) is 54.1 Å². The molecule has 0 aliphatic rings. The van der Waals surface area contributed by atoms with Gasteiger partial charge in [-0.05, 0) is 64.2 Å². The summed E-state index contributed by atoms with van der Waals surface area (Å²) >= 11 is 0. The summed E-state index contributed by atoms with van der Waals surface area (Å²) < 4.78 is 34.6. The number of likely N-dealkylation sites (N-methyl/N-ethyl adjacent to an activating group) is 1. The van der Waals surface area contributed by atoms with Crippen molar-refractivity contribution in [2.45, 2.75) is 200 Å². The maximum atomic E-state index is 12.7. The molecule has 0 fully saturated rings. The summed E-state index contributed by atoms with van der Waals surface area (Å²) in [5.74, 6) is -0.344. The molecule has 0 aromatic rings. The van der Waals surface area contributed by atoms with Gasteiger partial charge in [-0.2, -0.15) is 0 Å². The van der Waals surface area contributed by atoms with E-state index in [1.165, 1.54) is 128 Å². The zero-order chi connectivity index (χ0) is 39.1. The molecule has 0 radical (unpaired) electrons. The Morgan fingerprint density at radius 2 is 0.981 bits per heavy atom. The van der Waals surface area contributed by atoms with E-state index in [4.69, 9.17) is 18.5 Å². The van der Waals surface area contributed by atoms with Gasteiger partial charge in [-0.25, -0.2) is 0 Å². The van der Waals surface area contributed by atoms with Gasteiger partial charge in [0.05, 0.1) is 34.4 Å². The molecule has 0 aliphatic carbocycles. The van der Waals surface area contributed by atoms with Crippen LogP contribution in [0.15, 0.2) is 24.3 Å². The summed E-state index contributed by atoms with van der Waals surface area (Å²) in [7, 11) is 1.35. The number of esters is 1. The van der Waals surface area contributed by atoms with Gasteiger partial charge in [0.25, 0.3) is 7.82 Å². The molecule has 0 saturated carbocycles. The van der Waals surface area contributed by atoms with E-state index in [1.807, 2.05) is 21.1 Å². The number of unbranched alkanes of at least 4 members (excludes halogenated alkanes) is 23. The average Bonchev–Trinajstić information content (AvgIpc) is 3.11. The molecule has 0 N–H and O–H groups in total. The van der Waals surface area contributed by atoms with Gasteiger partial charge >= 0.3 is 5.97 Å². The lowest BCUT2D eigenvalue weighted by Gasteiger charge is -2.28. The SMILES string of the molecule is CCCCCCCC/C=C\CCCCCCCCOC[C@@H](COP(=O)([O-])OCC[N+](C)(C)C)OC(=O)CCCCCCC/C=C\CCCCCCCC. The monoisotopic (exact) mass is 772 g/mol. The third kappa shape index (κ3) is 42.0. The van der Waals surface area contributed by atoms with Crippen molar-refractivity contribution in [1.29, 1.82) is 0 Å². The van der Waals surface area contributed by atoms with Crippen molar-refractivity contribution in [1.82, 2.24) is 0 Å². The molecule has 9 heteroatoms. The lowest BCUT2D eigenvalue weighted by Crippen LogP contribution is -2.37. The number of carbonyl (C=O) groups is 1. The van der Waals surface area contributed by atoms with Gasteiger partial charge in [0.15, 0.2) is 0 Å². The van der Waals surface area contributed by atoms with Crippen LogP contribution in [0.5, 0.6) is 0 Å². The highest BCUT2D eigenvalue weighted by molar-refractivity contribution is 7.45. The van der Waals surface area contributed by atoms with Crippen LogP contribution in [0.1, 0.15) is 194 Å². The minimum absolute atomic E-state index is 0.0245. The minimum atomic E-state index is -4.52. The Morgan fingerprint density at radius 1 is 0.566 bits per heavy atom. The number of phosphoric acid groups is 1. The van der Waals surface area contributed by atoms with Crippen molar-refractivity contribution in [3.8, 4) is 0 Å². The number of nitrogens with zero attached hydrogens (tertiary/aromatic N) is 1. The van der Waals surface area contributed by atoms with Crippen molar-refractivity contribution < 1.29 is 37.3 Å². The van der Waals surface area contributed by atoms with Crippen LogP contribution in [-0.2, 0) is 27.9 Å². The Hall–Kier alpha value is -1.02. The first kappa shape index (κ1) is 52.0. The second kappa shape index (κ2) is 37.9. The number of hydrogen-bond acceptors (Lipinski definition) is 7. The predicted octanol–water partition coefficient (Wildman–Crippen LogP) is 12.2. The second-order valence-corrected chi connectivity index (χ2v) is 17.5. The summed E-state index contributed by atoms with van der Waals surface area (Å²) in [6, 6.07) is 0. The summed E-state index contributed by atoms with van der Waals surface area (Å²) in [6.07, 6.45) is 41.8. The van der Waals surface area contributed by atoms with E-state index in [9.17, 15) is 14.3 Å². The molecule has 0 saturated heterocycles. The van der Waals surface area contributed by atoms with E-state index in [1.54, 1.807) is 0 Å². The largest absolute Gasteiger partial charge is 0.756 e. The Balaban J connectivity index is 4.25. The molecule has 0 bridgehead atoms. The molecule has 8 nitrogen and oxygen atoms in total. The van der Waals surface area contributed by atoms with Crippen molar-refractivity contribution >= 4 is 13.8 Å². The molecular weight excluding hydrogens is 685 g/mol. The number of allylic oxidation sites excluding steroid dienone is 4. The molecule has 0 amide bonds. The van der Waals surface area contributed by atoms with Gasteiger partial charge < -0.3 is 27.9 Å². The molecule has 0 spiro atoms. The smallest absolute Gasteiger partial charge is 0.306 e. The first-order chi connectivity index (χ1) is 25.6. The van der Waals surface area contributed by atoms with Gasteiger partial charge in [0, 0.05) is 13.0 Å². The van der Waals surface area contributed by atoms with Gasteiger partial charge in [-0.15, -0.1) is 0 Å². The number of hydrogen-bond donors (Lipinski definition) is 0. The van der Waals surface area contributed by atoms with Crippen LogP contribution in [0, 0.1) is 0 Å². The summed E-state index contributed by atoms with van der Waals surface area (Å²) in [5, 5.41) is 0. The zero-order valence-electron chi connectivity index (χ0n) is 35.5. The van der Waals surface area contributed by atoms with Crippen LogP contribution in [0.25, 0.3) is 0 Å². The van der Waals surface area contributed by atoms with Gasteiger partial charge in [-0.3, -0.25) is 9.36 Å². The molecule has 0 aromatic heterocycles. The summed E-state index contributed by atoms with van der Waals surface area (Å²) in [5.41, 5.74) is 0. The van der Waals surface area contributed by atoms with E-state index in [0.717, 1.165) is 44.9 Å². The van der Waals surface area contributed by atoms with Crippen molar-refractivity contribution in [3.63, 3.8) is 0 Å². The standard InChI is InChI=1S/C44H86NO7P/c1-6-8-10-12-14-16-18-20-22-24-26-28-30-32-34-36-39-49-41-43(42-51-53(47,48)50-40-38-45(3,4)5)52-44(46)37-35-33-31-29-27-25-23-21-19-17-15-13-11-9-7-2/h20-23,43H,6-19,24-42H2,1-5H3/b22-20-,23-21-/t43-/m0/s1. The number of rotatable bonds is 41. The van der Waals surface area contributed by atoms with Crippen LogP contribution >= 0.6 is 7.82 Å². The lowest BCUT2D eigenvalue weighted by atomic mass is 10.1. The Labute approximate surface area is 328 Å². The molecule has 1 unspecified atom stereocenters. The van der Waals surface area contributed by atoms with E-state index >= 15 is 0 Å². The zero-order valence-corrected chi connectivity index (χ0v) is 36.4. The Morgan fingerprint density at radius 3 is 1.43 bits per heavy atom. The number of carbonyl (C=O) groups excluding carboxylic acids is 1. The quantitative estimate of drug-likeness (QED) is 0.0201. The number of quaternary nitrogens is 1. The summed E-state index contributed by atoms with van der Waals surface area (Å²) in [4.78, 5) is 25.0. The fourth-order valence-corrected chi connectivity index (χ4v) is 6.73. The van der Waals surface area contributed by atoms with E-state index in [-0.39, 0.29) is 25.8 Å². The topological polar surface area (TPSA) is 94.1 Å². The van der Waals surface area contributed by atoms with E-state index < -0.39 is 13.9 Å². The maximum absolute atomic E-state index is 12.7. The number of phosphoric ester groups is 1. The van der Waals surface area contributed by atoms with Gasteiger partial charge in [-0.1, -0.05) is 147 Å². The third-order valence-corrected chi connectivity index (χ3v) is 10.4. The third-order valence-electron chi connectivity index (χ3n) is 9.48. The first-order valence-corrected chi connectivity index (χ1v) is 23.5. The second-order valence-electron chi connectivity index (χ2n) is 16.0. The van der Waals surface area contributed by atoms with Crippen molar-refractivity contribution in [2.24, 2.45) is 0 Å². The number of ether oxygens (including phenoxy) is 2. The fourth-order valence-electron chi connectivity index (χ4n) is 6.01. The highest BCUT2D eigenvalue weighted by Gasteiger charge is 2.20. The predicted molar refractivity (Wildman–Crippen MR) is 222 cm³/mol. The molecule has 0 aliphatic heterocycles. The molecule has 0 rings (SSSR count). The molecular formula is C44H86NO7P. The van der Waals surface area contributed by atoms with Gasteiger partial charge in [0.1, 0.15) is 19.3 Å². The highest BCUT2D eigenvalue weighted by Crippen LogP contribution is 2.38. The highest BCUT2D eigenvalue weighted by atomic mass is 31.2. The van der Waals surface area contributed by atoms with Crippen LogP contribution in [0.3, 0.4) is 0 Å². The molecule has 2 atom stereocenters. The summed E-state index contributed by atoms with van der Waals surface area (Å²) in [6.45, 7) is 5.39. The fraction of sp³-hybridized carbons (Fsp3) is 0.886. The van der Waals surface area contributed by atoms with Crippen molar-refractivity contribution in [3.05, 3.63) is 24.3 Å². The van der Waals surface area contributed by atoms with Crippen LogP contribution in [0.4, 0.5) is 0 Å². The molecule has 314 valence electrons. The molecule has 0 aromatic carbocycles. The van der Waals surface area contributed by atoms with E-state index in [2.05, 4.69) is 38.2 Å². The first-order valence-electron chi connectivity index (χ1n) is 22.1. The van der Waals surface area contributed by atoms with Gasteiger partial charge in [0.2, 0.25) is 0 Å². The van der Waals surface area contributed by atoms with E-state index in [0.29, 0.717) is 24.1 Å². The van der Waals surface area contributed by atoms with Crippen LogP contribution < -0.4 is 4.89 Å². The Kier molecular flexibility index (Phi) is 37.2. The maximum Gasteiger partial charge on any atom is 0.306 e. The lowest BCUT2D eigenvalue weighted by molar-refractivity contribution is -0.870. The average molecular weight is 772 g/mol. The Bertz CT molecular complexity index is 905. The minimum Gasteiger partial charge on any atom is -0.756 e.